The normalized spacial score (nSPS) is 2.40. The van der Waals surface area contributed by atoms with Crippen molar-refractivity contribution in [1.82, 2.24) is 0 Å². The number of isocyanates is 3. The van der Waals surface area contributed by atoms with Crippen molar-refractivity contribution in [3.05, 3.63) is 16.2 Å². The predicted octanol–water partition coefficient (Wildman–Crippen LogP) is -0.328. The summed E-state index contributed by atoms with van der Waals surface area (Å²) in [5, 5.41) is 20.3. The second-order valence-electron chi connectivity index (χ2n) is 0.274. The molecular formula is C3CoN3O3. The third-order valence-electron chi connectivity index (χ3n) is 0. The molecule has 0 rings (SSSR count). The zero-order valence-electron chi connectivity index (χ0n) is 4.40. The molecule has 0 atom stereocenters. The van der Waals surface area contributed by atoms with E-state index in [9.17, 15) is 0 Å². The molecule has 0 radical (unpaired) electrons. The monoisotopic (exact) mass is 185 g/mol. The third kappa shape index (κ3) is 116. The molecule has 0 heterocycles. The Hall–Kier alpha value is -1.35. The van der Waals surface area contributed by atoms with Crippen molar-refractivity contribution in [2.45, 2.75) is 0 Å². The summed E-state index contributed by atoms with van der Waals surface area (Å²) in [6.07, 6.45) is 1.50. The second kappa shape index (κ2) is 125. The van der Waals surface area contributed by atoms with Gasteiger partial charge in [0.25, 0.3) is 0 Å². The van der Waals surface area contributed by atoms with Crippen molar-refractivity contribution in [2.75, 3.05) is 0 Å². The molecule has 0 spiro atoms. The minimum atomic E-state index is 0. The standard InChI is InChI=1S/3CNO.Co/c3*2-1-3;/q3*-1;+3. The van der Waals surface area contributed by atoms with Crippen molar-refractivity contribution in [3.63, 3.8) is 0 Å². The van der Waals surface area contributed by atoms with Gasteiger partial charge in [0, 0.05) is 0 Å². The minimum Gasteiger partial charge on any atom is -0.724 e. The van der Waals surface area contributed by atoms with Crippen LogP contribution in [0.5, 0.6) is 0 Å². The number of carbonyl (C=O) groups excluding carboxylic acids is 3. The van der Waals surface area contributed by atoms with Gasteiger partial charge in [-0.3, -0.25) is 14.4 Å². The molecule has 0 aromatic rings. The molecule has 6 nitrogen and oxygen atoms in total. The van der Waals surface area contributed by atoms with Crippen molar-refractivity contribution in [3.8, 4) is 0 Å². The van der Waals surface area contributed by atoms with E-state index < -0.39 is 0 Å². The molecule has 0 saturated carbocycles. The van der Waals surface area contributed by atoms with Crippen LogP contribution in [0.15, 0.2) is 0 Å². The van der Waals surface area contributed by atoms with E-state index in [1.807, 2.05) is 0 Å². The summed E-state index contributed by atoms with van der Waals surface area (Å²) < 4.78 is 0. The first kappa shape index (κ1) is 23.4. The fourth-order valence-corrected chi connectivity index (χ4v) is 0. The Balaban J connectivity index is -0.0000000257. The zero-order valence-corrected chi connectivity index (χ0v) is 5.44. The molecule has 0 fully saturated rings. The number of hydrogen-bond acceptors (Lipinski definition) is 3. The largest absolute Gasteiger partial charge is 3.00 e. The first-order valence-electron chi connectivity index (χ1n) is 1.28. The van der Waals surface area contributed by atoms with Crippen LogP contribution in [0, 0.1) is 0 Å². The summed E-state index contributed by atoms with van der Waals surface area (Å²) in [6.45, 7) is 0. The molecule has 0 bridgehead atoms. The van der Waals surface area contributed by atoms with Gasteiger partial charge in [-0.25, -0.2) is 0 Å². The summed E-state index contributed by atoms with van der Waals surface area (Å²) in [5.74, 6) is 0. The van der Waals surface area contributed by atoms with E-state index in [0.29, 0.717) is 18.2 Å². The molecule has 10 heavy (non-hydrogen) atoms. The molecule has 0 aliphatic carbocycles. The second-order valence-corrected chi connectivity index (χ2v) is 0.274. The summed E-state index contributed by atoms with van der Waals surface area (Å²) in [4.78, 5) is 24.7. The molecule has 0 saturated heterocycles. The Morgan fingerprint density at radius 3 is 0.700 bits per heavy atom. The average Bonchev–Trinajstić information content (AvgIpc) is 1.70. The van der Waals surface area contributed by atoms with Crippen LogP contribution in [0.4, 0.5) is 0 Å². The Morgan fingerprint density at radius 2 is 0.700 bits per heavy atom. The smallest absolute Gasteiger partial charge is 0.724 e. The van der Waals surface area contributed by atoms with Gasteiger partial charge < -0.3 is 16.2 Å². The number of nitrogens with zero attached hydrogens (tertiary/aromatic N) is 3. The van der Waals surface area contributed by atoms with Crippen molar-refractivity contribution < 1.29 is 31.2 Å². The number of rotatable bonds is 0. The van der Waals surface area contributed by atoms with E-state index >= 15 is 0 Å². The van der Waals surface area contributed by atoms with E-state index in [2.05, 4.69) is 0 Å². The van der Waals surface area contributed by atoms with E-state index in [-0.39, 0.29) is 16.8 Å². The topological polar surface area (TPSA) is 118 Å². The van der Waals surface area contributed by atoms with Crippen LogP contribution in [0.3, 0.4) is 0 Å². The van der Waals surface area contributed by atoms with Crippen LogP contribution in [0.2, 0.25) is 0 Å². The fraction of sp³-hybridized carbons (Fsp3) is 0. The van der Waals surface area contributed by atoms with E-state index in [0.717, 1.165) is 0 Å². The summed E-state index contributed by atoms with van der Waals surface area (Å²) >= 11 is 0. The molecule has 0 amide bonds. The van der Waals surface area contributed by atoms with Gasteiger partial charge >= 0.3 is 16.8 Å². The van der Waals surface area contributed by atoms with Gasteiger partial charge in [0.2, 0.25) is 0 Å². The van der Waals surface area contributed by atoms with Gasteiger partial charge in [-0.1, -0.05) is 0 Å². The van der Waals surface area contributed by atoms with E-state index in [4.69, 9.17) is 30.6 Å². The van der Waals surface area contributed by atoms with Gasteiger partial charge in [0.15, 0.2) is 0 Å². The molecule has 0 unspecified atom stereocenters. The maximum atomic E-state index is 8.24. The average molecular weight is 185 g/mol. The molecule has 0 aromatic carbocycles. The zero-order chi connectivity index (χ0) is 8.12. The molecule has 54 valence electrons. The summed E-state index contributed by atoms with van der Waals surface area (Å²) in [6, 6.07) is 0. The summed E-state index contributed by atoms with van der Waals surface area (Å²) in [7, 11) is 0. The summed E-state index contributed by atoms with van der Waals surface area (Å²) in [5.41, 5.74) is 0. The quantitative estimate of drug-likeness (QED) is 0.379. The van der Waals surface area contributed by atoms with Crippen LogP contribution in [0.1, 0.15) is 0 Å². The maximum absolute atomic E-state index is 8.24. The molecule has 0 aromatic heterocycles. The van der Waals surface area contributed by atoms with Gasteiger partial charge in [-0.15, -0.1) is 0 Å². The first-order valence-corrected chi connectivity index (χ1v) is 1.28. The SMILES string of the molecule is [Co+3].[N-]=C=O.[N-]=C=O.[N-]=C=O. The molecule has 0 aliphatic heterocycles. The van der Waals surface area contributed by atoms with Crippen molar-refractivity contribution >= 4 is 18.2 Å². The van der Waals surface area contributed by atoms with Gasteiger partial charge in [-0.2, -0.15) is 0 Å². The van der Waals surface area contributed by atoms with Crippen LogP contribution >= 0.6 is 0 Å². The Bertz CT molecular complexity index is 111. The first-order chi connectivity index (χ1) is 4.24. The Labute approximate surface area is 66.3 Å². The predicted molar refractivity (Wildman–Crippen MR) is 27.2 cm³/mol. The van der Waals surface area contributed by atoms with E-state index in [1.54, 1.807) is 0 Å². The fourth-order valence-electron chi connectivity index (χ4n) is 0. The maximum Gasteiger partial charge on any atom is 3.00 e. The van der Waals surface area contributed by atoms with Crippen molar-refractivity contribution in [1.29, 1.82) is 0 Å². The van der Waals surface area contributed by atoms with Crippen LogP contribution < -0.4 is 0 Å². The van der Waals surface area contributed by atoms with Crippen molar-refractivity contribution in [2.24, 2.45) is 0 Å². The molecule has 0 aliphatic rings. The minimum absolute atomic E-state index is 0. The van der Waals surface area contributed by atoms with E-state index in [1.165, 1.54) is 0 Å². The Morgan fingerprint density at radius 1 is 0.700 bits per heavy atom. The van der Waals surface area contributed by atoms with Gasteiger partial charge in [-0.05, 0) is 18.2 Å². The number of hydrogen-bond donors (Lipinski definition) is 0. The third-order valence-corrected chi connectivity index (χ3v) is 0. The molecule has 0 N–H and O–H groups in total. The van der Waals surface area contributed by atoms with Crippen LogP contribution in [0.25, 0.3) is 16.2 Å². The Kier molecular flexibility index (Phi) is 292. The van der Waals surface area contributed by atoms with Crippen LogP contribution in [-0.2, 0) is 31.2 Å². The van der Waals surface area contributed by atoms with Gasteiger partial charge in [0.1, 0.15) is 0 Å². The van der Waals surface area contributed by atoms with Crippen LogP contribution in [-0.4, -0.2) is 18.2 Å². The molecular weight excluding hydrogens is 185 g/mol. The van der Waals surface area contributed by atoms with Gasteiger partial charge in [0.05, 0.1) is 0 Å². The molecule has 7 heteroatoms.